The van der Waals surface area contributed by atoms with Crippen LogP contribution in [0, 0.1) is 0 Å². The van der Waals surface area contributed by atoms with Gasteiger partial charge in [0.2, 0.25) is 5.88 Å². The van der Waals surface area contributed by atoms with Gasteiger partial charge in [-0.05, 0) is 38.5 Å². The molecule has 0 saturated carbocycles. The van der Waals surface area contributed by atoms with Crippen LogP contribution < -0.4 is 10.5 Å². The van der Waals surface area contributed by atoms with Crippen LogP contribution in [0.15, 0.2) is 41.0 Å². The highest BCUT2D eigenvalue weighted by Gasteiger charge is 2.38. The lowest BCUT2D eigenvalue weighted by molar-refractivity contribution is -0.139. The number of hydrogen-bond donors (Lipinski definition) is 2. The summed E-state index contributed by atoms with van der Waals surface area (Å²) >= 11 is 0. The van der Waals surface area contributed by atoms with E-state index < -0.39 is 11.9 Å². The Bertz CT molecular complexity index is 778. The maximum atomic E-state index is 12.4. The van der Waals surface area contributed by atoms with Gasteiger partial charge in [0, 0.05) is 5.57 Å². The smallest absolute Gasteiger partial charge is 0.340 e. The molecule has 0 radical (unpaired) electrons. The summed E-state index contributed by atoms with van der Waals surface area (Å²) in [6, 6.07) is 4.57. The number of carbonyl (C=O) groups excluding carboxylic acids is 2. The fourth-order valence-electron chi connectivity index (χ4n) is 2.85. The Labute approximate surface area is 145 Å². The average Bonchev–Trinajstić information content (AvgIpc) is 2.54. The van der Waals surface area contributed by atoms with E-state index in [0.717, 1.165) is 0 Å². The second-order valence-corrected chi connectivity index (χ2v) is 5.49. The van der Waals surface area contributed by atoms with Crippen molar-refractivity contribution >= 4 is 11.8 Å². The molecule has 1 aliphatic heterocycles. The van der Waals surface area contributed by atoms with Crippen LogP contribution in [-0.4, -0.2) is 30.6 Å². The van der Waals surface area contributed by atoms with Crippen LogP contribution in [0.3, 0.4) is 0 Å². The maximum absolute atomic E-state index is 12.4. The third-order valence-electron chi connectivity index (χ3n) is 3.90. The average molecular weight is 347 g/mol. The highest BCUT2D eigenvalue weighted by atomic mass is 16.5. The first-order valence-electron chi connectivity index (χ1n) is 7.75. The monoisotopic (exact) mass is 347 g/mol. The number of benzene rings is 1. The molecule has 2 rings (SSSR count). The fraction of sp³-hybridized carbons (Fsp3) is 0.333. The second-order valence-electron chi connectivity index (χ2n) is 5.49. The Kier molecular flexibility index (Phi) is 5.36. The van der Waals surface area contributed by atoms with Crippen molar-refractivity contribution in [3.8, 4) is 11.5 Å². The van der Waals surface area contributed by atoms with Crippen LogP contribution >= 0.6 is 0 Å². The van der Waals surface area contributed by atoms with E-state index in [-0.39, 0.29) is 35.3 Å². The van der Waals surface area contributed by atoms with E-state index in [1.54, 1.807) is 26.0 Å². The van der Waals surface area contributed by atoms with Crippen molar-refractivity contribution in [2.75, 3.05) is 13.7 Å². The molecule has 1 aromatic carbocycles. The molecule has 25 heavy (non-hydrogen) atoms. The van der Waals surface area contributed by atoms with Gasteiger partial charge in [-0.25, -0.2) is 4.79 Å². The highest BCUT2D eigenvalue weighted by molar-refractivity contribution is 6.01. The summed E-state index contributed by atoms with van der Waals surface area (Å²) in [5.74, 6) is -1.34. The van der Waals surface area contributed by atoms with Crippen LogP contribution in [0.25, 0.3) is 0 Å². The summed E-state index contributed by atoms with van der Waals surface area (Å²) in [4.78, 5) is 24.6. The third kappa shape index (κ3) is 3.45. The number of hydrogen-bond acceptors (Lipinski definition) is 7. The second kappa shape index (κ2) is 7.29. The van der Waals surface area contributed by atoms with E-state index >= 15 is 0 Å². The summed E-state index contributed by atoms with van der Waals surface area (Å²) in [7, 11) is 1.41. The summed E-state index contributed by atoms with van der Waals surface area (Å²) in [6.07, 6.45) is 0. The number of methoxy groups -OCH3 is 1. The molecule has 1 aliphatic rings. The third-order valence-corrected chi connectivity index (χ3v) is 3.90. The van der Waals surface area contributed by atoms with Crippen molar-refractivity contribution in [3.63, 3.8) is 0 Å². The molecule has 0 aromatic heterocycles. The zero-order valence-electron chi connectivity index (χ0n) is 14.6. The topological polar surface area (TPSA) is 108 Å². The number of rotatable bonds is 5. The molecule has 3 N–H and O–H groups in total. The number of esters is 1. The molecular weight excluding hydrogens is 326 g/mol. The molecule has 0 fully saturated rings. The summed E-state index contributed by atoms with van der Waals surface area (Å²) < 4.78 is 15.6. The van der Waals surface area contributed by atoms with Crippen molar-refractivity contribution in [2.45, 2.75) is 26.7 Å². The highest BCUT2D eigenvalue weighted by Crippen LogP contribution is 2.42. The number of phenols is 1. The quantitative estimate of drug-likeness (QED) is 0.785. The predicted octanol–water partition coefficient (Wildman–Crippen LogP) is 2.11. The fourth-order valence-corrected chi connectivity index (χ4v) is 2.85. The van der Waals surface area contributed by atoms with Crippen LogP contribution in [0.2, 0.25) is 0 Å². The first-order valence-corrected chi connectivity index (χ1v) is 7.75. The van der Waals surface area contributed by atoms with Gasteiger partial charge < -0.3 is 25.1 Å². The molecular formula is C18H21NO6. The molecule has 0 spiro atoms. The van der Waals surface area contributed by atoms with Gasteiger partial charge in [0.1, 0.15) is 11.3 Å². The molecule has 0 aliphatic carbocycles. The molecule has 7 heteroatoms. The number of allylic oxidation sites excluding steroid dienone is 2. The van der Waals surface area contributed by atoms with Crippen molar-refractivity contribution in [1.29, 1.82) is 0 Å². The van der Waals surface area contributed by atoms with Gasteiger partial charge in [-0.3, -0.25) is 4.79 Å². The molecule has 0 bridgehead atoms. The largest absolute Gasteiger partial charge is 0.504 e. The van der Waals surface area contributed by atoms with Crippen molar-refractivity contribution in [3.05, 3.63) is 46.6 Å². The predicted molar refractivity (Wildman–Crippen MR) is 89.7 cm³/mol. The Hall–Kier alpha value is -2.96. The standard InChI is InChI=1S/C18H21NO6/c1-5-24-18(22)16-15(11-6-7-12(21)13(8-11)23-4)14(9(2)20)10(3)25-17(16)19/h6-8,15,21H,5,19H2,1-4H3. The molecule has 1 unspecified atom stereocenters. The minimum atomic E-state index is -0.778. The first-order chi connectivity index (χ1) is 11.8. The summed E-state index contributed by atoms with van der Waals surface area (Å²) in [6.45, 7) is 4.82. The molecule has 134 valence electrons. The zero-order chi connectivity index (χ0) is 18.7. The number of ether oxygens (including phenoxy) is 3. The number of aromatic hydroxyl groups is 1. The van der Waals surface area contributed by atoms with Crippen LogP contribution in [0.5, 0.6) is 11.5 Å². The Morgan fingerprint density at radius 3 is 2.56 bits per heavy atom. The lowest BCUT2D eigenvalue weighted by Gasteiger charge is -2.29. The number of carbonyl (C=O) groups is 2. The van der Waals surface area contributed by atoms with Crippen molar-refractivity contribution in [1.82, 2.24) is 0 Å². The van der Waals surface area contributed by atoms with Gasteiger partial charge in [-0.1, -0.05) is 6.07 Å². The van der Waals surface area contributed by atoms with Gasteiger partial charge >= 0.3 is 5.97 Å². The Balaban J connectivity index is 2.69. The number of phenolic OH excluding ortho intramolecular Hbond substituents is 1. The lowest BCUT2D eigenvalue weighted by Crippen LogP contribution is -2.28. The number of ketones is 1. The molecule has 1 atom stereocenters. The molecule has 0 amide bonds. The molecule has 1 aromatic rings. The van der Waals surface area contributed by atoms with E-state index in [9.17, 15) is 14.7 Å². The Morgan fingerprint density at radius 2 is 2.00 bits per heavy atom. The van der Waals surface area contributed by atoms with Gasteiger partial charge in [-0.2, -0.15) is 0 Å². The number of Topliss-reactive ketones (excluding diaryl/α,β-unsaturated/α-hetero) is 1. The maximum Gasteiger partial charge on any atom is 0.340 e. The minimum absolute atomic E-state index is 0.0467. The molecule has 1 heterocycles. The van der Waals surface area contributed by atoms with Crippen LogP contribution in [0.1, 0.15) is 32.3 Å². The minimum Gasteiger partial charge on any atom is -0.504 e. The SMILES string of the molecule is CCOC(=O)C1=C(N)OC(C)=C(C(C)=O)C1c1ccc(O)c(OC)c1. The summed E-state index contributed by atoms with van der Waals surface area (Å²) in [5, 5.41) is 9.81. The van der Waals surface area contributed by atoms with Crippen molar-refractivity contribution in [2.24, 2.45) is 5.73 Å². The van der Waals surface area contributed by atoms with Crippen LogP contribution in [-0.2, 0) is 19.1 Å². The van der Waals surface area contributed by atoms with Crippen molar-refractivity contribution < 1.29 is 28.9 Å². The van der Waals surface area contributed by atoms with Gasteiger partial charge in [0.05, 0.1) is 19.6 Å². The molecule has 0 saturated heterocycles. The van der Waals surface area contributed by atoms with Gasteiger partial charge in [0.25, 0.3) is 0 Å². The van der Waals surface area contributed by atoms with Gasteiger partial charge in [0.15, 0.2) is 17.3 Å². The molecule has 7 nitrogen and oxygen atoms in total. The first kappa shape index (κ1) is 18.4. The zero-order valence-corrected chi connectivity index (χ0v) is 14.6. The summed E-state index contributed by atoms with van der Waals surface area (Å²) in [5.41, 5.74) is 6.81. The normalized spacial score (nSPS) is 17.2. The van der Waals surface area contributed by atoms with E-state index in [1.807, 2.05) is 0 Å². The van der Waals surface area contributed by atoms with E-state index in [0.29, 0.717) is 16.9 Å². The Morgan fingerprint density at radius 1 is 1.32 bits per heavy atom. The van der Waals surface area contributed by atoms with E-state index in [2.05, 4.69) is 0 Å². The van der Waals surface area contributed by atoms with E-state index in [4.69, 9.17) is 19.9 Å². The van der Waals surface area contributed by atoms with Crippen LogP contribution in [0.4, 0.5) is 0 Å². The van der Waals surface area contributed by atoms with Gasteiger partial charge in [-0.15, -0.1) is 0 Å². The number of nitrogens with two attached hydrogens (primary N) is 1. The lowest BCUT2D eigenvalue weighted by atomic mass is 9.81. The van der Waals surface area contributed by atoms with E-state index in [1.165, 1.54) is 20.1 Å².